The van der Waals surface area contributed by atoms with E-state index in [0.29, 0.717) is 31.7 Å². The minimum atomic E-state index is -3.70. The minimum absolute atomic E-state index is 0.0486. The van der Waals surface area contributed by atoms with Crippen LogP contribution in [0.1, 0.15) is 24.5 Å². The Bertz CT molecular complexity index is 925. The number of carbonyl (C=O) groups is 1. The predicted molar refractivity (Wildman–Crippen MR) is 101 cm³/mol. The van der Waals surface area contributed by atoms with Crippen molar-refractivity contribution in [2.45, 2.75) is 31.3 Å². The van der Waals surface area contributed by atoms with Crippen LogP contribution in [-0.2, 0) is 32.6 Å². The molecule has 2 aromatic rings. The van der Waals surface area contributed by atoms with Crippen molar-refractivity contribution in [2.75, 3.05) is 23.3 Å². The van der Waals surface area contributed by atoms with Crippen molar-refractivity contribution in [3.8, 4) is 0 Å². The second-order valence-corrected chi connectivity index (χ2v) is 7.86. The minimum Gasteiger partial charge on any atom is -0.380 e. The average molecular weight is 374 g/mol. The molecular weight excluding hydrogens is 352 g/mol. The number of sulfonamides is 1. The van der Waals surface area contributed by atoms with Gasteiger partial charge in [0.15, 0.2) is 0 Å². The van der Waals surface area contributed by atoms with Crippen molar-refractivity contribution in [2.24, 2.45) is 0 Å². The molecule has 7 heteroatoms. The number of ether oxygens (including phenoxy) is 1. The van der Waals surface area contributed by atoms with E-state index in [4.69, 9.17) is 4.74 Å². The average Bonchev–Trinajstić information content (AvgIpc) is 3.04. The van der Waals surface area contributed by atoms with Crippen LogP contribution >= 0.6 is 0 Å². The highest BCUT2D eigenvalue weighted by Crippen LogP contribution is 2.31. The first-order valence-corrected chi connectivity index (χ1v) is 9.97. The summed E-state index contributed by atoms with van der Waals surface area (Å²) in [4.78, 5) is 13.9. The molecule has 0 saturated heterocycles. The number of methoxy groups -OCH3 is 1. The normalized spacial score (nSPS) is 13.5. The number of rotatable bonds is 6. The Morgan fingerprint density at radius 3 is 2.77 bits per heavy atom. The van der Waals surface area contributed by atoms with Gasteiger partial charge in [0.05, 0.1) is 11.5 Å². The summed E-state index contributed by atoms with van der Waals surface area (Å²) in [5, 5.41) is 0. The lowest BCUT2D eigenvalue weighted by Gasteiger charge is -2.16. The second-order valence-electron chi connectivity index (χ2n) is 6.18. The van der Waals surface area contributed by atoms with Crippen molar-refractivity contribution >= 4 is 27.3 Å². The van der Waals surface area contributed by atoms with Crippen molar-refractivity contribution in [3.05, 3.63) is 53.6 Å². The lowest BCUT2D eigenvalue weighted by Crippen LogP contribution is -2.27. The van der Waals surface area contributed by atoms with Gasteiger partial charge < -0.3 is 9.64 Å². The lowest BCUT2D eigenvalue weighted by atomic mass is 10.2. The number of carbonyl (C=O) groups excluding carboxylic acids is 1. The van der Waals surface area contributed by atoms with E-state index in [0.717, 1.165) is 16.8 Å². The van der Waals surface area contributed by atoms with Crippen molar-refractivity contribution in [3.63, 3.8) is 0 Å². The fourth-order valence-electron chi connectivity index (χ4n) is 3.10. The second kappa shape index (κ2) is 7.47. The van der Waals surface area contributed by atoms with E-state index in [1.807, 2.05) is 13.0 Å². The highest BCUT2D eigenvalue weighted by atomic mass is 32.2. The van der Waals surface area contributed by atoms with Crippen LogP contribution in [0.25, 0.3) is 0 Å². The summed E-state index contributed by atoms with van der Waals surface area (Å²) in [7, 11) is -2.11. The molecular formula is C19H22N2O4S. The summed E-state index contributed by atoms with van der Waals surface area (Å²) in [6.07, 6.45) is 1.09. The molecule has 1 heterocycles. The van der Waals surface area contributed by atoms with Gasteiger partial charge in [0, 0.05) is 31.5 Å². The first-order valence-electron chi connectivity index (χ1n) is 8.48. The molecule has 138 valence electrons. The van der Waals surface area contributed by atoms with Gasteiger partial charge in [-0.2, -0.15) is 0 Å². The molecule has 1 amide bonds. The van der Waals surface area contributed by atoms with E-state index in [2.05, 4.69) is 4.72 Å². The molecule has 1 N–H and O–H groups in total. The Morgan fingerprint density at radius 1 is 1.23 bits per heavy atom. The van der Waals surface area contributed by atoms with E-state index < -0.39 is 10.0 Å². The summed E-state index contributed by atoms with van der Waals surface area (Å²) in [6.45, 7) is 2.83. The predicted octanol–water partition coefficient (Wildman–Crippen LogP) is 2.93. The van der Waals surface area contributed by atoms with E-state index in [-0.39, 0.29) is 10.8 Å². The zero-order valence-electron chi connectivity index (χ0n) is 14.9. The lowest BCUT2D eigenvalue weighted by molar-refractivity contribution is -0.118. The molecule has 0 saturated carbocycles. The molecule has 3 rings (SSSR count). The zero-order chi connectivity index (χ0) is 18.7. The molecule has 0 spiro atoms. The smallest absolute Gasteiger partial charge is 0.261 e. The van der Waals surface area contributed by atoms with Crippen LogP contribution in [0.3, 0.4) is 0 Å². The number of amides is 1. The Labute approximate surface area is 153 Å². The molecule has 0 unspecified atom stereocenters. The molecule has 0 aliphatic carbocycles. The van der Waals surface area contributed by atoms with Crippen molar-refractivity contribution < 1.29 is 17.9 Å². The van der Waals surface area contributed by atoms with E-state index >= 15 is 0 Å². The van der Waals surface area contributed by atoms with E-state index in [1.54, 1.807) is 48.4 Å². The van der Waals surface area contributed by atoms with Gasteiger partial charge in [0.2, 0.25) is 5.91 Å². The highest BCUT2D eigenvalue weighted by molar-refractivity contribution is 7.92. The Hall–Kier alpha value is -2.38. The summed E-state index contributed by atoms with van der Waals surface area (Å²) < 4.78 is 33.1. The van der Waals surface area contributed by atoms with Gasteiger partial charge in [-0.15, -0.1) is 0 Å². The Kier molecular flexibility index (Phi) is 5.29. The van der Waals surface area contributed by atoms with Crippen LogP contribution in [0.4, 0.5) is 11.4 Å². The molecule has 26 heavy (non-hydrogen) atoms. The van der Waals surface area contributed by atoms with Crippen molar-refractivity contribution in [1.82, 2.24) is 0 Å². The molecule has 1 aliphatic heterocycles. The number of nitrogens with one attached hydrogen (secondary N) is 1. The van der Waals surface area contributed by atoms with Crippen molar-refractivity contribution in [1.29, 1.82) is 0 Å². The number of hydrogen-bond acceptors (Lipinski definition) is 4. The number of hydrogen-bond donors (Lipinski definition) is 1. The first kappa shape index (κ1) is 18.4. The molecule has 0 radical (unpaired) electrons. The monoisotopic (exact) mass is 374 g/mol. The molecule has 1 aliphatic rings. The van der Waals surface area contributed by atoms with Crippen LogP contribution in [-0.4, -0.2) is 28.0 Å². The van der Waals surface area contributed by atoms with Crippen LogP contribution in [0.2, 0.25) is 0 Å². The third kappa shape index (κ3) is 3.73. The zero-order valence-corrected chi connectivity index (χ0v) is 15.7. The topological polar surface area (TPSA) is 75.7 Å². The highest BCUT2D eigenvalue weighted by Gasteiger charge is 2.25. The fourth-order valence-corrected chi connectivity index (χ4v) is 4.20. The SMILES string of the molecule is CCC(=O)N1CCc2cc(S(=O)(=O)Nc3cccc(COC)c3)ccc21. The molecule has 6 nitrogen and oxygen atoms in total. The van der Waals surface area contributed by atoms with E-state index in [9.17, 15) is 13.2 Å². The van der Waals surface area contributed by atoms with Crippen LogP contribution in [0.5, 0.6) is 0 Å². The number of anilines is 2. The van der Waals surface area contributed by atoms with Gasteiger partial charge in [0.1, 0.15) is 0 Å². The third-order valence-electron chi connectivity index (χ3n) is 4.35. The molecule has 2 aromatic carbocycles. The van der Waals surface area contributed by atoms with Gasteiger partial charge in [-0.3, -0.25) is 9.52 Å². The van der Waals surface area contributed by atoms with Crippen LogP contribution < -0.4 is 9.62 Å². The largest absolute Gasteiger partial charge is 0.380 e. The molecule has 0 fully saturated rings. The summed E-state index contributed by atoms with van der Waals surface area (Å²) >= 11 is 0. The Morgan fingerprint density at radius 2 is 2.04 bits per heavy atom. The quantitative estimate of drug-likeness (QED) is 0.843. The number of fused-ring (bicyclic) bond motifs is 1. The molecule has 0 aromatic heterocycles. The summed E-state index contributed by atoms with van der Waals surface area (Å²) in [5.74, 6) is 0.0486. The molecule has 0 atom stereocenters. The first-order chi connectivity index (χ1) is 12.4. The maximum absolute atomic E-state index is 12.7. The van der Waals surface area contributed by atoms with E-state index in [1.165, 1.54) is 0 Å². The fraction of sp³-hybridized carbons (Fsp3) is 0.316. The number of nitrogens with zero attached hydrogens (tertiary/aromatic N) is 1. The van der Waals surface area contributed by atoms with Gasteiger partial charge in [-0.1, -0.05) is 19.1 Å². The Balaban J connectivity index is 1.85. The van der Waals surface area contributed by atoms with Gasteiger partial charge in [0.25, 0.3) is 10.0 Å². The third-order valence-corrected chi connectivity index (χ3v) is 5.73. The van der Waals surface area contributed by atoms with Crippen LogP contribution in [0, 0.1) is 0 Å². The maximum atomic E-state index is 12.7. The standard InChI is InChI=1S/C19H22N2O4S/c1-3-19(22)21-10-9-15-12-17(7-8-18(15)21)26(23,24)20-16-6-4-5-14(11-16)13-25-2/h4-8,11-12,20H,3,9-10,13H2,1-2H3. The summed E-state index contributed by atoms with van der Waals surface area (Å²) in [5.41, 5.74) is 3.05. The van der Waals surface area contributed by atoms with Crippen LogP contribution in [0.15, 0.2) is 47.4 Å². The summed E-state index contributed by atoms with van der Waals surface area (Å²) in [6, 6.07) is 12.0. The molecule has 0 bridgehead atoms. The number of benzene rings is 2. The van der Waals surface area contributed by atoms with Gasteiger partial charge in [-0.25, -0.2) is 8.42 Å². The van der Waals surface area contributed by atoms with Gasteiger partial charge >= 0.3 is 0 Å². The maximum Gasteiger partial charge on any atom is 0.261 e. The van der Waals surface area contributed by atoms with Gasteiger partial charge in [-0.05, 0) is 47.9 Å².